The molecule has 2 aliphatic rings. The predicted octanol–water partition coefficient (Wildman–Crippen LogP) is 5.13. The monoisotopic (exact) mass is 368 g/mol. The van der Waals surface area contributed by atoms with Gasteiger partial charge in [-0.2, -0.15) is 0 Å². The third-order valence-corrected chi connectivity index (χ3v) is 6.89. The zero-order valence-corrected chi connectivity index (χ0v) is 17.6. The van der Waals surface area contributed by atoms with Gasteiger partial charge in [-0.3, -0.25) is 0 Å². The van der Waals surface area contributed by atoms with Crippen LogP contribution in [0.5, 0.6) is 0 Å². The minimum atomic E-state index is -0.962. The first kappa shape index (κ1) is 20.0. The summed E-state index contributed by atoms with van der Waals surface area (Å²) in [7, 11) is 1.61. The molecule has 0 N–H and O–H groups in total. The Bertz CT molecular complexity index is 797. The first-order valence-electron chi connectivity index (χ1n) is 9.96. The lowest BCUT2D eigenvalue weighted by molar-refractivity contribution is -0.220. The highest BCUT2D eigenvalue weighted by Gasteiger charge is 2.49. The normalized spacial score (nSPS) is 28.3. The number of ether oxygens (including phenoxy) is 2. The fourth-order valence-electron chi connectivity index (χ4n) is 5.05. The number of esters is 1. The smallest absolute Gasteiger partial charge is 0.386 e. The van der Waals surface area contributed by atoms with Crippen molar-refractivity contribution in [1.82, 2.24) is 0 Å². The Morgan fingerprint density at radius 3 is 2.26 bits per heavy atom. The van der Waals surface area contributed by atoms with E-state index in [0.717, 1.165) is 12.8 Å². The zero-order valence-electron chi connectivity index (χ0n) is 17.6. The number of terminal acetylenes is 1. The van der Waals surface area contributed by atoms with Crippen LogP contribution in [0.3, 0.4) is 0 Å². The van der Waals surface area contributed by atoms with E-state index in [2.05, 4.69) is 52.7 Å². The highest BCUT2D eigenvalue weighted by molar-refractivity contribution is 5.88. The van der Waals surface area contributed by atoms with Gasteiger partial charge in [0, 0.05) is 25.4 Å². The van der Waals surface area contributed by atoms with E-state index in [1.807, 2.05) is 0 Å². The van der Waals surface area contributed by atoms with Crippen molar-refractivity contribution >= 4 is 5.97 Å². The first-order valence-corrected chi connectivity index (χ1v) is 9.96. The van der Waals surface area contributed by atoms with Crippen LogP contribution in [-0.4, -0.2) is 18.9 Å². The summed E-state index contributed by atoms with van der Waals surface area (Å²) < 4.78 is 11.5. The molecule has 0 aromatic heterocycles. The molecule has 0 aliphatic heterocycles. The quantitative estimate of drug-likeness (QED) is 0.321. The fraction of sp³-hybridized carbons (Fsp3) is 0.625. The Morgan fingerprint density at radius 2 is 1.70 bits per heavy atom. The number of hydrogen-bond donors (Lipinski definition) is 0. The lowest BCUT2D eigenvalue weighted by Crippen LogP contribution is -2.40. The standard InChI is InChI=1S/C24H32O3/c1-8-21(25)27-24(26-7)11-9-10-18(24)17-15-20-19(14-16(17)2)22(3,4)12-13-23(20,5)6/h1,14-15,18H,9-13H2,2-7H3. The molecule has 3 nitrogen and oxygen atoms in total. The number of carbonyl (C=O) groups is 1. The van der Waals surface area contributed by atoms with Gasteiger partial charge in [-0.1, -0.05) is 39.8 Å². The van der Waals surface area contributed by atoms with E-state index in [9.17, 15) is 4.79 Å². The Morgan fingerprint density at radius 1 is 1.11 bits per heavy atom. The minimum absolute atomic E-state index is 0.00550. The van der Waals surface area contributed by atoms with E-state index in [1.54, 1.807) is 7.11 Å². The van der Waals surface area contributed by atoms with E-state index in [0.29, 0.717) is 6.42 Å². The van der Waals surface area contributed by atoms with Gasteiger partial charge in [0.05, 0.1) is 0 Å². The average Bonchev–Trinajstić information content (AvgIpc) is 3.02. The van der Waals surface area contributed by atoms with Crippen molar-refractivity contribution in [2.24, 2.45) is 0 Å². The number of fused-ring (bicyclic) bond motifs is 1. The predicted molar refractivity (Wildman–Crippen MR) is 108 cm³/mol. The van der Waals surface area contributed by atoms with Crippen LogP contribution in [-0.2, 0) is 25.1 Å². The summed E-state index contributed by atoms with van der Waals surface area (Å²) in [5, 5.41) is 0. The molecule has 0 bridgehead atoms. The molecule has 0 heterocycles. The lowest BCUT2D eigenvalue weighted by atomic mass is 9.62. The van der Waals surface area contributed by atoms with E-state index >= 15 is 0 Å². The summed E-state index contributed by atoms with van der Waals surface area (Å²) in [6, 6.07) is 4.71. The summed E-state index contributed by atoms with van der Waals surface area (Å²) >= 11 is 0. The highest BCUT2D eigenvalue weighted by Crippen LogP contribution is 2.51. The summed E-state index contributed by atoms with van der Waals surface area (Å²) in [6.45, 7) is 11.5. The highest BCUT2D eigenvalue weighted by atomic mass is 16.7. The first-order chi connectivity index (χ1) is 12.6. The van der Waals surface area contributed by atoms with Gasteiger partial charge in [-0.15, -0.1) is 6.42 Å². The SMILES string of the molecule is C#CC(=O)OC1(OC)CCCC1c1cc2c(cc1C)C(C)(C)CCC2(C)C. The Hall–Kier alpha value is -1.79. The Balaban J connectivity index is 2.12. The molecule has 2 unspecified atom stereocenters. The summed E-state index contributed by atoms with van der Waals surface area (Å²) in [4.78, 5) is 11.9. The molecule has 27 heavy (non-hydrogen) atoms. The van der Waals surface area contributed by atoms with Crippen molar-refractivity contribution < 1.29 is 14.3 Å². The summed E-state index contributed by atoms with van der Waals surface area (Å²) in [5.41, 5.74) is 5.64. The second-order valence-corrected chi connectivity index (χ2v) is 9.52. The van der Waals surface area contributed by atoms with Gasteiger partial charge < -0.3 is 9.47 Å². The van der Waals surface area contributed by atoms with Crippen molar-refractivity contribution in [2.45, 2.75) is 89.3 Å². The fourth-order valence-corrected chi connectivity index (χ4v) is 5.05. The van der Waals surface area contributed by atoms with Crippen molar-refractivity contribution in [3.8, 4) is 12.3 Å². The lowest BCUT2D eigenvalue weighted by Gasteiger charge is -2.43. The van der Waals surface area contributed by atoms with E-state index < -0.39 is 11.8 Å². The number of hydrogen-bond acceptors (Lipinski definition) is 3. The van der Waals surface area contributed by atoms with E-state index in [-0.39, 0.29) is 16.7 Å². The van der Waals surface area contributed by atoms with Crippen LogP contribution in [0.25, 0.3) is 0 Å². The van der Waals surface area contributed by atoms with Crippen LogP contribution in [0.2, 0.25) is 0 Å². The van der Waals surface area contributed by atoms with Crippen molar-refractivity contribution in [2.75, 3.05) is 7.11 Å². The molecular formula is C24H32O3. The molecule has 0 spiro atoms. The van der Waals surface area contributed by atoms with Crippen LogP contribution in [0.4, 0.5) is 0 Å². The molecule has 0 amide bonds. The number of aryl methyl sites for hydroxylation is 1. The molecule has 1 aromatic rings. The topological polar surface area (TPSA) is 35.5 Å². The van der Waals surface area contributed by atoms with E-state index in [1.165, 1.54) is 35.1 Å². The molecular weight excluding hydrogens is 336 g/mol. The third-order valence-electron chi connectivity index (χ3n) is 6.89. The summed E-state index contributed by atoms with van der Waals surface area (Å²) in [5.74, 6) is 0.462. The van der Waals surface area contributed by atoms with Crippen molar-refractivity contribution in [3.63, 3.8) is 0 Å². The molecule has 2 atom stereocenters. The van der Waals surface area contributed by atoms with Gasteiger partial charge in [0.2, 0.25) is 5.79 Å². The van der Waals surface area contributed by atoms with E-state index in [4.69, 9.17) is 15.9 Å². The van der Waals surface area contributed by atoms with Gasteiger partial charge in [0.25, 0.3) is 0 Å². The van der Waals surface area contributed by atoms with Gasteiger partial charge in [0.1, 0.15) is 0 Å². The second-order valence-electron chi connectivity index (χ2n) is 9.52. The molecule has 1 fully saturated rings. The average molecular weight is 369 g/mol. The van der Waals surface area contributed by atoms with Gasteiger partial charge in [-0.05, 0) is 65.7 Å². The molecule has 1 aromatic carbocycles. The maximum absolute atomic E-state index is 11.9. The zero-order chi connectivity index (χ0) is 20.0. The number of benzene rings is 1. The molecule has 3 heteroatoms. The van der Waals surface area contributed by atoms with Gasteiger partial charge in [0.15, 0.2) is 0 Å². The van der Waals surface area contributed by atoms with Gasteiger partial charge in [-0.25, -0.2) is 4.79 Å². The molecule has 3 rings (SSSR count). The van der Waals surface area contributed by atoms with Crippen molar-refractivity contribution in [3.05, 3.63) is 34.4 Å². The molecule has 146 valence electrons. The summed E-state index contributed by atoms with van der Waals surface area (Å²) in [6.07, 6.45) is 10.2. The van der Waals surface area contributed by atoms with Crippen LogP contribution in [0.1, 0.15) is 88.0 Å². The molecule has 1 saturated carbocycles. The number of carbonyl (C=O) groups excluding carboxylic acids is 1. The molecule has 0 saturated heterocycles. The largest absolute Gasteiger partial charge is 0.423 e. The third kappa shape index (κ3) is 3.29. The maximum atomic E-state index is 11.9. The number of methoxy groups -OCH3 is 1. The number of rotatable bonds is 3. The Kier molecular flexibility index (Phi) is 4.93. The van der Waals surface area contributed by atoms with Crippen molar-refractivity contribution in [1.29, 1.82) is 0 Å². The van der Waals surface area contributed by atoms with Crippen LogP contribution < -0.4 is 0 Å². The maximum Gasteiger partial charge on any atom is 0.386 e. The Labute approximate surface area is 163 Å². The van der Waals surface area contributed by atoms with Gasteiger partial charge >= 0.3 is 5.97 Å². The van der Waals surface area contributed by atoms with Crippen LogP contribution in [0.15, 0.2) is 12.1 Å². The van der Waals surface area contributed by atoms with Crippen LogP contribution >= 0.6 is 0 Å². The van der Waals surface area contributed by atoms with Crippen LogP contribution in [0, 0.1) is 19.3 Å². The molecule has 2 aliphatic carbocycles. The second kappa shape index (κ2) is 6.67. The minimum Gasteiger partial charge on any atom is -0.423 e. The molecule has 0 radical (unpaired) electrons.